The molecule has 0 spiro atoms. The van der Waals surface area contributed by atoms with Gasteiger partial charge in [-0.2, -0.15) is 0 Å². The fraction of sp³-hybridized carbons (Fsp3) is 0.438. The number of hydrogen-bond acceptors (Lipinski definition) is 4. The number of carbonyl (C=O) groups is 3. The van der Waals surface area contributed by atoms with Crippen molar-refractivity contribution in [1.82, 2.24) is 4.90 Å². The van der Waals surface area contributed by atoms with E-state index in [0.717, 1.165) is 12.8 Å². The number of nitrogens with one attached hydrogen (secondary N) is 1. The van der Waals surface area contributed by atoms with Crippen molar-refractivity contribution in [1.29, 1.82) is 0 Å². The highest BCUT2D eigenvalue weighted by atomic mass is 32.2. The van der Waals surface area contributed by atoms with Gasteiger partial charge in [0.15, 0.2) is 5.25 Å². The molecule has 6 nitrogen and oxygen atoms in total. The van der Waals surface area contributed by atoms with Gasteiger partial charge >= 0.3 is 0 Å². The van der Waals surface area contributed by atoms with Crippen LogP contribution in [0.3, 0.4) is 0 Å². The van der Waals surface area contributed by atoms with Crippen LogP contribution in [0.2, 0.25) is 0 Å². The first-order valence-corrected chi connectivity index (χ1v) is 8.86. The first kappa shape index (κ1) is 17.3. The van der Waals surface area contributed by atoms with E-state index in [-0.39, 0.29) is 0 Å². The molecule has 23 heavy (non-hydrogen) atoms. The van der Waals surface area contributed by atoms with Crippen LogP contribution in [0.1, 0.15) is 26.7 Å². The summed E-state index contributed by atoms with van der Waals surface area (Å²) in [7, 11) is -1.87. The summed E-state index contributed by atoms with van der Waals surface area (Å²) in [5.41, 5.74) is 0.422. The maximum absolute atomic E-state index is 12.6. The molecule has 2 atom stereocenters. The lowest BCUT2D eigenvalue weighted by Gasteiger charge is -2.25. The number of Topliss-reactive ketones (excluding diaryl/α,β-unsaturated/α-hetero) is 1. The van der Waals surface area contributed by atoms with Crippen molar-refractivity contribution >= 4 is 34.1 Å². The Morgan fingerprint density at radius 2 is 1.96 bits per heavy atom. The number of unbranched alkanes of at least 4 members (excludes halogenated alkanes) is 1. The summed E-state index contributed by atoms with van der Waals surface area (Å²) in [6.07, 6.45) is 1.66. The Kier molecular flexibility index (Phi) is 5.65. The molecule has 124 valence electrons. The lowest BCUT2D eigenvalue weighted by molar-refractivity contribution is -0.145. The number of likely N-dealkylation sites (N-methyl/N-ethyl adjacent to an activating group) is 1. The second-order valence-electron chi connectivity index (χ2n) is 5.27. The molecular weight excluding hydrogens is 316 g/mol. The molecule has 0 bridgehead atoms. The van der Waals surface area contributed by atoms with Crippen LogP contribution in [-0.4, -0.2) is 45.0 Å². The zero-order chi connectivity index (χ0) is 17.0. The van der Waals surface area contributed by atoms with Gasteiger partial charge < -0.3 is 10.2 Å². The van der Waals surface area contributed by atoms with E-state index >= 15 is 0 Å². The summed E-state index contributed by atoms with van der Waals surface area (Å²) < 4.78 is 12.6. The van der Waals surface area contributed by atoms with Gasteiger partial charge in [0, 0.05) is 13.1 Å². The molecule has 2 amide bonds. The minimum atomic E-state index is -1.87. The minimum absolute atomic E-state index is 0.370. The topological polar surface area (TPSA) is 83.6 Å². The van der Waals surface area contributed by atoms with Crippen molar-refractivity contribution in [2.45, 2.75) is 36.8 Å². The van der Waals surface area contributed by atoms with E-state index < -0.39 is 33.6 Å². The average Bonchev–Trinajstić information content (AvgIpc) is 2.55. The Morgan fingerprint density at radius 1 is 1.26 bits per heavy atom. The summed E-state index contributed by atoms with van der Waals surface area (Å²) in [4.78, 5) is 38.7. The van der Waals surface area contributed by atoms with Crippen molar-refractivity contribution in [2.24, 2.45) is 0 Å². The molecule has 1 aromatic rings. The quantitative estimate of drug-likeness (QED) is 0.627. The number of benzene rings is 1. The number of para-hydroxylation sites is 1. The first-order valence-electron chi connectivity index (χ1n) is 7.64. The highest BCUT2D eigenvalue weighted by Crippen LogP contribution is 2.27. The van der Waals surface area contributed by atoms with Crippen LogP contribution in [0, 0.1) is 0 Å². The molecule has 0 radical (unpaired) electrons. The largest absolute Gasteiger partial charge is 0.336 e. The van der Waals surface area contributed by atoms with Gasteiger partial charge in [-0.15, -0.1) is 0 Å². The molecule has 1 aromatic carbocycles. The summed E-state index contributed by atoms with van der Waals surface area (Å²) in [6, 6.07) is 6.59. The number of amides is 2. The molecular formula is C16H20N2O4S. The van der Waals surface area contributed by atoms with Crippen molar-refractivity contribution < 1.29 is 18.6 Å². The third-order valence-electron chi connectivity index (χ3n) is 3.71. The van der Waals surface area contributed by atoms with Gasteiger partial charge in [0.2, 0.25) is 11.7 Å². The highest BCUT2D eigenvalue weighted by molar-refractivity contribution is 7.87. The summed E-state index contributed by atoms with van der Waals surface area (Å²) in [5, 5.41) is 1.07. The molecule has 0 saturated carbocycles. The molecule has 1 aliphatic heterocycles. The van der Waals surface area contributed by atoms with Gasteiger partial charge in [0.1, 0.15) is 0 Å². The molecule has 0 saturated heterocycles. The number of rotatable bonds is 6. The Balaban J connectivity index is 2.23. The number of nitrogens with zero attached hydrogens (tertiary/aromatic N) is 1. The van der Waals surface area contributed by atoms with E-state index in [2.05, 4.69) is 5.32 Å². The number of hydrogen-bond donors (Lipinski definition) is 1. The van der Waals surface area contributed by atoms with Crippen LogP contribution >= 0.6 is 0 Å². The smallest absolute Gasteiger partial charge is 0.291 e. The van der Waals surface area contributed by atoms with Crippen molar-refractivity contribution in [2.75, 3.05) is 18.4 Å². The Morgan fingerprint density at radius 3 is 2.61 bits per heavy atom. The number of ketones is 1. The Hall–Kier alpha value is -2.02. The van der Waals surface area contributed by atoms with Crippen LogP contribution in [0.25, 0.3) is 0 Å². The number of carbonyl (C=O) groups excluding carboxylic acids is 3. The van der Waals surface area contributed by atoms with E-state index in [9.17, 15) is 18.6 Å². The summed E-state index contributed by atoms with van der Waals surface area (Å²) >= 11 is 0. The zero-order valence-electron chi connectivity index (χ0n) is 13.2. The first-order chi connectivity index (χ1) is 11.0. The summed E-state index contributed by atoms with van der Waals surface area (Å²) in [6.45, 7) is 4.59. The molecule has 0 unspecified atom stereocenters. The van der Waals surface area contributed by atoms with Gasteiger partial charge in [-0.05, 0) is 25.5 Å². The Labute approximate surface area is 137 Å². The van der Waals surface area contributed by atoms with E-state index in [1.165, 1.54) is 4.90 Å². The number of fused-ring (bicyclic) bond motifs is 1. The predicted octanol–water partition coefficient (Wildman–Crippen LogP) is 1.33. The van der Waals surface area contributed by atoms with Crippen molar-refractivity contribution in [3.05, 3.63) is 24.3 Å². The highest BCUT2D eigenvalue weighted by Gasteiger charge is 2.42. The fourth-order valence-corrected chi connectivity index (χ4v) is 3.76. The fourth-order valence-electron chi connectivity index (χ4n) is 2.40. The van der Waals surface area contributed by atoms with Crippen molar-refractivity contribution in [3.63, 3.8) is 0 Å². The monoisotopic (exact) mass is 336 g/mol. The SMILES string of the molecule is CCCCN(CC)C(=O)C(=O)[C@@H]1C(=O)Nc2ccccc2[S@]1=O. The van der Waals surface area contributed by atoms with E-state index in [1.807, 2.05) is 6.92 Å². The average molecular weight is 336 g/mol. The number of anilines is 1. The normalized spacial score (nSPS) is 19.7. The molecule has 7 heteroatoms. The minimum Gasteiger partial charge on any atom is -0.336 e. The molecule has 1 aliphatic rings. The van der Waals surface area contributed by atoms with Crippen LogP contribution < -0.4 is 5.32 Å². The third-order valence-corrected chi connectivity index (χ3v) is 5.36. The zero-order valence-corrected chi connectivity index (χ0v) is 14.0. The van der Waals surface area contributed by atoms with Gasteiger partial charge in [-0.3, -0.25) is 18.6 Å². The lowest BCUT2D eigenvalue weighted by Crippen LogP contribution is -2.49. The predicted molar refractivity (Wildman–Crippen MR) is 87.4 cm³/mol. The van der Waals surface area contributed by atoms with E-state index in [0.29, 0.717) is 23.7 Å². The molecule has 0 aliphatic carbocycles. The standard InChI is InChI=1S/C16H20N2O4S/c1-3-5-10-18(4-2)16(21)13(19)14-15(20)17-11-8-6-7-9-12(11)23(14)22/h6-9,14H,3-5,10H2,1-2H3,(H,17,20)/t14-,23-/m1/s1. The van der Waals surface area contributed by atoms with Crippen LogP contribution in [0.4, 0.5) is 5.69 Å². The Bertz CT molecular complexity index is 659. The van der Waals surface area contributed by atoms with Gasteiger partial charge in [-0.25, -0.2) is 0 Å². The third kappa shape index (κ3) is 3.50. The maximum atomic E-state index is 12.6. The van der Waals surface area contributed by atoms with Crippen molar-refractivity contribution in [3.8, 4) is 0 Å². The van der Waals surface area contributed by atoms with E-state index in [4.69, 9.17) is 0 Å². The van der Waals surface area contributed by atoms with Gasteiger partial charge in [0.05, 0.1) is 21.4 Å². The summed E-state index contributed by atoms with van der Waals surface area (Å²) in [5.74, 6) is -2.34. The molecule has 1 N–H and O–H groups in total. The second kappa shape index (κ2) is 7.50. The molecule has 0 aromatic heterocycles. The maximum Gasteiger partial charge on any atom is 0.291 e. The van der Waals surface area contributed by atoms with Gasteiger partial charge in [-0.1, -0.05) is 25.5 Å². The second-order valence-corrected chi connectivity index (χ2v) is 6.77. The van der Waals surface area contributed by atoms with Gasteiger partial charge in [0.25, 0.3) is 5.91 Å². The van der Waals surface area contributed by atoms with Crippen LogP contribution in [-0.2, 0) is 25.2 Å². The van der Waals surface area contributed by atoms with Crippen LogP contribution in [0.15, 0.2) is 29.2 Å². The molecule has 2 rings (SSSR count). The van der Waals surface area contributed by atoms with E-state index in [1.54, 1.807) is 31.2 Å². The molecule has 1 heterocycles. The lowest BCUT2D eigenvalue weighted by atomic mass is 10.2. The van der Waals surface area contributed by atoms with Crippen LogP contribution in [0.5, 0.6) is 0 Å². The molecule has 0 fully saturated rings.